The first-order valence-electron chi connectivity index (χ1n) is 3.97. The van der Waals surface area contributed by atoms with Gasteiger partial charge in [0.1, 0.15) is 0 Å². The van der Waals surface area contributed by atoms with Gasteiger partial charge in [-0.25, -0.2) is 0 Å². The number of rotatable bonds is 1. The molecule has 1 aromatic rings. The maximum absolute atomic E-state index is 10.5. The summed E-state index contributed by atoms with van der Waals surface area (Å²) < 4.78 is 0.902. The number of carbonyl (C=O) groups is 1. The highest BCUT2D eigenvalue weighted by molar-refractivity contribution is 9.10. The third-order valence-corrected chi connectivity index (χ3v) is 2.90. The van der Waals surface area contributed by atoms with Crippen molar-refractivity contribution in [1.82, 2.24) is 4.90 Å². The zero-order valence-electron chi connectivity index (χ0n) is 6.96. The first-order chi connectivity index (χ1) is 6.20. The van der Waals surface area contributed by atoms with Crippen molar-refractivity contribution in [3.05, 3.63) is 27.7 Å². The fourth-order valence-electron chi connectivity index (χ4n) is 1.54. The minimum absolute atomic E-state index is 0.677. The summed E-state index contributed by atoms with van der Waals surface area (Å²) in [6.45, 7) is 1.37. The highest BCUT2D eigenvalue weighted by Crippen LogP contribution is 2.29. The fraction of sp³-hybridized carbons (Fsp3) is 0.222. The Morgan fingerprint density at radius 3 is 2.62 bits per heavy atom. The minimum atomic E-state index is 0.677. The van der Waals surface area contributed by atoms with Crippen LogP contribution in [0.5, 0.6) is 0 Å². The van der Waals surface area contributed by atoms with Crippen LogP contribution in [-0.4, -0.2) is 11.3 Å². The summed E-state index contributed by atoms with van der Waals surface area (Å²) in [7, 11) is 0. The summed E-state index contributed by atoms with van der Waals surface area (Å²) in [5, 5.41) is 0. The average Bonchev–Trinajstić information content (AvgIpc) is 2.48. The highest BCUT2D eigenvalue weighted by Gasteiger charge is 2.18. The van der Waals surface area contributed by atoms with Crippen molar-refractivity contribution >= 4 is 28.0 Å². The summed E-state index contributed by atoms with van der Waals surface area (Å²) in [6, 6.07) is 3.90. The fourth-order valence-corrected chi connectivity index (χ4v) is 1.93. The minimum Gasteiger partial charge on any atom is -0.398 e. The van der Waals surface area contributed by atoms with Gasteiger partial charge in [-0.3, -0.25) is 4.79 Å². The molecule has 0 atom stereocenters. The average molecular weight is 241 g/mol. The maximum Gasteiger partial charge on any atom is 0.210 e. The zero-order valence-corrected chi connectivity index (χ0v) is 8.54. The van der Waals surface area contributed by atoms with Gasteiger partial charge in [0.05, 0.1) is 0 Å². The third kappa shape index (κ3) is 1.42. The van der Waals surface area contributed by atoms with Crippen LogP contribution in [0.1, 0.15) is 11.1 Å². The lowest BCUT2D eigenvalue weighted by Crippen LogP contribution is -2.12. The molecule has 0 unspecified atom stereocenters. The number of hydrogen-bond donors (Lipinski definition) is 1. The van der Waals surface area contributed by atoms with Crippen LogP contribution >= 0.6 is 15.9 Å². The van der Waals surface area contributed by atoms with Crippen LogP contribution < -0.4 is 5.73 Å². The first kappa shape index (κ1) is 8.56. The number of nitrogen functional groups attached to an aromatic ring is 1. The Bertz CT molecular complexity index is 334. The van der Waals surface area contributed by atoms with Gasteiger partial charge in [0.2, 0.25) is 6.41 Å². The van der Waals surface area contributed by atoms with Crippen molar-refractivity contribution in [2.24, 2.45) is 0 Å². The van der Waals surface area contributed by atoms with E-state index in [4.69, 9.17) is 5.73 Å². The Morgan fingerprint density at radius 2 is 2.00 bits per heavy atom. The van der Waals surface area contributed by atoms with Crippen molar-refractivity contribution in [1.29, 1.82) is 0 Å². The van der Waals surface area contributed by atoms with E-state index < -0.39 is 0 Å². The van der Waals surface area contributed by atoms with E-state index in [1.165, 1.54) is 5.56 Å². The van der Waals surface area contributed by atoms with E-state index in [9.17, 15) is 4.79 Å². The van der Waals surface area contributed by atoms with E-state index in [1.54, 1.807) is 4.90 Å². The van der Waals surface area contributed by atoms with Crippen molar-refractivity contribution in [2.45, 2.75) is 13.1 Å². The third-order valence-electron chi connectivity index (χ3n) is 2.21. The van der Waals surface area contributed by atoms with E-state index in [2.05, 4.69) is 15.9 Å². The molecular formula is C9H9BrN2O. The summed E-state index contributed by atoms with van der Waals surface area (Å²) >= 11 is 3.36. The summed E-state index contributed by atoms with van der Waals surface area (Å²) in [6.07, 6.45) is 0.865. The van der Waals surface area contributed by atoms with Gasteiger partial charge in [-0.05, 0) is 39.2 Å². The Kier molecular flexibility index (Phi) is 2.00. The molecule has 0 spiro atoms. The molecule has 0 saturated carbocycles. The van der Waals surface area contributed by atoms with Gasteiger partial charge in [0.25, 0.3) is 0 Å². The van der Waals surface area contributed by atoms with E-state index in [-0.39, 0.29) is 0 Å². The SMILES string of the molecule is Nc1cc2c(cc1Br)CN(C=O)C2. The first-order valence-corrected chi connectivity index (χ1v) is 4.76. The Labute approximate surface area is 84.6 Å². The largest absolute Gasteiger partial charge is 0.398 e. The molecule has 2 rings (SSSR count). The molecule has 13 heavy (non-hydrogen) atoms. The topological polar surface area (TPSA) is 46.3 Å². The number of hydrogen-bond acceptors (Lipinski definition) is 2. The van der Waals surface area contributed by atoms with Crippen LogP contribution in [0.25, 0.3) is 0 Å². The number of anilines is 1. The molecule has 1 aliphatic rings. The second-order valence-electron chi connectivity index (χ2n) is 3.15. The van der Waals surface area contributed by atoms with Crippen LogP contribution in [0.15, 0.2) is 16.6 Å². The van der Waals surface area contributed by atoms with Gasteiger partial charge in [-0.15, -0.1) is 0 Å². The number of nitrogens with two attached hydrogens (primary N) is 1. The molecule has 0 aromatic heterocycles. The second kappa shape index (κ2) is 3.03. The smallest absolute Gasteiger partial charge is 0.210 e. The molecule has 0 aliphatic carbocycles. The van der Waals surface area contributed by atoms with Crippen LogP contribution in [0.2, 0.25) is 0 Å². The number of amides is 1. The molecule has 4 heteroatoms. The van der Waals surface area contributed by atoms with Crippen molar-refractivity contribution in [3.8, 4) is 0 Å². The molecule has 0 saturated heterocycles. The number of nitrogens with zero attached hydrogens (tertiary/aromatic N) is 1. The Hall–Kier alpha value is -1.03. The molecule has 0 bridgehead atoms. The normalized spacial score (nSPS) is 14.4. The lowest BCUT2D eigenvalue weighted by Gasteiger charge is -2.04. The second-order valence-corrected chi connectivity index (χ2v) is 4.01. The van der Waals surface area contributed by atoms with Gasteiger partial charge in [-0.2, -0.15) is 0 Å². The zero-order chi connectivity index (χ0) is 9.42. The molecule has 3 nitrogen and oxygen atoms in total. The summed E-state index contributed by atoms with van der Waals surface area (Å²) in [4.78, 5) is 12.2. The number of carbonyl (C=O) groups excluding carboxylic acids is 1. The predicted octanol–water partition coefficient (Wildman–Crippen LogP) is 1.50. The van der Waals surface area contributed by atoms with Gasteiger partial charge >= 0.3 is 0 Å². The predicted molar refractivity (Wildman–Crippen MR) is 53.9 cm³/mol. The molecule has 68 valence electrons. The van der Waals surface area contributed by atoms with Crippen LogP contribution in [0.4, 0.5) is 5.69 Å². The molecule has 1 amide bonds. The maximum atomic E-state index is 10.5. The molecule has 2 N–H and O–H groups in total. The number of benzene rings is 1. The van der Waals surface area contributed by atoms with Gasteiger partial charge in [0.15, 0.2) is 0 Å². The lowest BCUT2D eigenvalue weighted by atomic mass is 10.1. The Balaban J connectivity index is 2.41. The van der Waals surface area contributed by atoms with E-state index in [0.29, 0.717) is 13.1 Å². The molecule has 1 aromatic carbocycles. The summed E-state index contributed by atoms with van der Waals surface area (Å²) in [5.74, 6) is 0. The van der Waals surface area contributed by atoms with E-state index in [1.807, 2.05) is 12.1 Å². The van der Waals surface area contributed by atoms with Gasteiger partial charge in [0, 0.05) is 23.2 Å². The van der Waals surface area contributed by atoms with Crippen LogP contribution in [0, 0.1) is 0 Å². The van der Waals surface area contributed by atoms with Crippen LogP contribution in [0.3, 0.4) is 0 Å². The highest BCUT2D eigenvalue weighted by atomic mass is 79.9. The standard InChI is InChI=1S/C9H9BrN2O/c10-8-1-6-3-12(5-13)4-7(6)2-9(8)11/h1-2,5H,3-4,11H2. The number of fused-ring (bicyclic) bond motifs is 1. The molecular weight excluding hydrogens is 232 g/mol. The molecule has 1 heterocycles. The van der Waals surface area contributed by atoms with Crippen molar-refractivity contribution < 1.29 is 4.79 Å². The van der Waals surface area contributed by atoms with Crippen molar-refractivity contribution in [2.75, 3.05) is 5.73 Å². The molecule has 0 radical (unpaired) electrons. The monoisotopic (exact) mass is 240 g/mol. The lowest BCUT2D eigenvalue weighted by molar-refractivity contribution is -0.118. The van der Waals surface area contributed by atoms with Gasteiger partial charge in [-0.1, -0.05) is 0 Å². The van der Waals surface area contributed by atoms with Crippen LogP contribution in [-0.2, 0) is 17.9 Å². The molecule has 1 aliphatic heterocycles. The molecule has 0 fully saturated rings. The Morgan fingerprint density at radius 1 is 1.38 bits per heavy atom. The summed E-state index contributed by atoms with van der Waals surface area (Å²) in [5.41, 5.74) is 8.77. The van der Waals surface area contributed by atoms with E-state index in [0.717, 1.165) is 22.1 Å². The van der Waals surface area contributed by atoms with E-state index >= 15 is 0 Å². The van der Waals surface area contributed by atoms with Crippen molar-refractivity contribution in [3.63, 3.8) is 0 Å². The quantitative estimate of drug-likeness (QED) is 0.598. The van der Waals surface area contributed by atoms with Gasteiger partial charge < -0.3 is 10.6 Å². The number of halogens is 1.